The fraction of sp³-hybridized carbons (Fsp3) is 0.389. The molecule has 0 saturated carbocycles. The van der Waals surface area contributed by atoms with Gasteiger partial charge in [-0.3, -0.25) is 4.79 Å². The monoisotopic (exact) mass is 429 g/mol. The molecule has 0 fully saturated rings. The zero-order chi connectivity index (χ0) is 18.7. The molecule has 6 nitrogen and oxygen atoms in total. The number of rotatable bonds is 6. The highest BCUT2D eigenvalue weighted by Crippen LogP contribution is 2.33. The Morgan fingerprint density at radius 3 is 2.89 bits per heavy atom. The van der Waals surface area contributed by atoms with Gasteiger partial charge in [-0.05, 0) is 48.9 Å². The van der Waals surface area contributed by atoms with Crippen molar-refractivity contribution in [2.75, 3.05) is 18.4 Å². The second-order valence-electron chi connectivity index (χ2n) is 6.57. The van der Waals surface area contributed by atoms with Crippen LogP contribution in [0.2, 0.25) is 0 Å². The van der Waals surface area contributed by atoms with Gasteiger partial charge in [0.15, 0.2) is 0 Å². The first-order chi connectivity index (χ1) is 12.4. The Hall–Kier alpha value is -1.45. The number of nitrogens with one attached hydrogen (secondary N) is 2. The van der Waals surface area contributed by atoms with Crippen molar-refractivity contribution in [2.45, 2.75) is 31.1 Å². The van der Waals surface area contributed by atoms with Crippen LogP contribution in [0.4, 0.5) is 5.69 Å². The molecule has 0 spiro atoms. The Balaban J connectivity index is 0.00000261. The standard InChI is InChI=1S/C18H23N3O3S2.ClH/c1-12-5-6-15-16(11-25-17(15)9-12)18(22)21-13-3-2-4-14(10-13)26(23,24)20-8-7-19;/h2-4,10-12,20H,5-9,19H2,1H3,(H,21,22);1H. The predicted octanol–water partition coefficient (Wildman–Crippen LogP) is 2.78. The van der Waals surface area contributed by atoms with E-state index in [9.17, 15) is 13.2 Å². The predicted molar refractivity (Wildman–Crippen MR) is 111 cm³/mol. The maximum Gasteiger partial charge on any atom is 0.256 e. The number of thiophene rings is 1. The third-order valence-corrected chi connectivity index (χ3v) is 6.99. The van der Waals surface area contributed by atoms with E-state index in [1.54, 1.807) is 23.5 Å². The van der Waals surface area contributed by atoms with Gasteiger partial charge >= 0.3 is 0 Å². The van der Waals surface area contributed by atoms with E-state index in [2.05, 4.69) is 17.0 Å². The molecule has 27 heavy (non-hydrogen) atoms. The van der Waals surface area contributed by atoms with E-state index in [1.165, 1.54) is 17.0 Å². The average Bonchev–Trinajstić information content (AvgIpc) is 3.03. The summed E-state index contributed by atoms with van der Waals surface area (Å²) in [5.41, 5.74) is 7.64. The highest BCUT2D eigenvalue weighted by molar-refractivity contribution is 7.89. The van der Waals surface area contributed by atoms with Crippen LogP contribution in [0.25, 0.3) is 0 Å². The minimum Gasteiger partial charge on any atom is -0.329 e. The van der Waals surface area contributed by atoms with Gasteiger partial charge in [-0.2, -0.15) is 0 Å². The van der Waals surface area contributed by atoms with Crippen molar-refractivity contribution in [1.29, 1.82) is 0 Å². The molecule has 4 N–H and O–H groups in total. The summed E-state index contributed by atoms with van der Waals surface area (Å²) in [5, 5.41) is 4.73. The Kier molecular flexibility index (Phi) is 7.41. The lowest BCUT2D eigenvalue weighted by Gasteiger charge is -2.18. The largest absolute Gasteiger partial charge is 0.329 e. The maximum absolute atomic E-state index is 12.7. The lowest BCUT2D eigenvalue weighted by Crippen LogP contribution is -2.29. The number of anilines is 1. The topological polar surface area (TPSA) is 101 Å². The van der Waals surface area contributed by atoms with E-state index < -0.39 is 10.0 Å². The van der Waals surface area contributed by atoms with E-state index in [4.69, 9.17) is 5.73 Å². The smallest absolute Gasteiger partial charge is 0.256 e. The van der Waals surface area contributed by atoms with Crippen molar-refractivity contribution >= 4 is 45.4 Å². The van der Waals surface area contributed by atoms with Crippen LogP contribution in [-0.4, -0.2) is 27.4 Å². The zero-order valence-corrected chi connectivity index (χ0v) is 17.5. The molecule has 2 aromatic rings. The minimum atomic E-state index is -3.63. The van der Waals surface area contributed by atoms with E-state index in [-0.39, 0.29) is 36.3 Å². The Morgan fingerprint density at radius 1 is 1.37 bits per heavy atom. The number of nitrogens with two attached hydrogens (primary N) is 1. The Bertz CT molecular complexity index is 912. The van der Waals surface area contributed by atoms with Crippen molar-refractivity contribution in [3.63, 3.8) is 0 Å². The summed E-state index contributed by atoms with van der Waals surface area (Å²) in [6, 6.07) is 6.23. The molecule has 1 aliphatic carbocycles. The third kappa shape index (κ3) is 5.08. The Labute approximate surface area is 170 Å². The highest BCUT2D eigenvalue weighted by Gasteiger charge is 2.23. The van der Waals surface area contributed by atoms with Gasteiger partial charge in [0.1, 0.15) is 0 Å². The van der Waals surface area contributed by atoms with Gasteiger partial charge in [0, 0.05) is 29.0 Å². The fourth-order valence-corrected chi connectivity index (χ4v) is 5.42. The van der Waals surface area contributed by atoms with Gasteiger partial charge in [-0.15, -0.1) is 23.7 Å². The van der Waals surface area contributed by atoms with E-state index in [1.807, 2.05) is 5.38 Å². The first-order valence-electron chi connectivity index (χ1n) is 8.61. The van der Waals surface area contributed by atoms with Crippen molar-refractivity contribution < 1.29 is 13.2 Å². The summed E-state index contributed by atoms with van der Waals surface area (Å²) in [7, 11) is -3.63. The lowest BCUT2D eigenvalue weighted by molar-refractivity contribution is 0.102. The van der Waals surface area contributed by atoms with Crippen LogP contribution in [0.3, 0.4) is 0 Å². The third-order valence-electron chi connectivity index (χ3n) is 4.48. The van der Waals surface area contributed by atoms with Gasteiger partial charge in [0.2, 0.25) is 10.0 Å². The fourth-order valence-electron chi connectivity index (χ4n) is 3.08. The summed E-state index contributed by atoms with van der Waals surface area (Å²) in [5.74, 6) is 0.460. The summed E-state index contributed by atoms with van der Waals surface area (Å²) < 4.78 is 26.8. The van der Waals surface area contributed by atoms with Crippen molar-refractivity contribution in [3.05, 3.63) is 45.6 Å². The summed E-state index contributed by atoms with van der Waals surface area (Å²) in [6.45, 7) is 2.61. The van der Waals surface area contributed by atoms with Crippen LogP contribution >= 0.6 is 23.7 Å². The minimum absolute atomic E-state index is 0. The number of fused-ring (bicyclic) bond motifs is 1. The second kappa shape index (κ2) is 9.16. The second-order valence-corrected chi connectivity index (χ2v) is 9.30. The molecule has 9 heteroatoms. The maximum atomic E-state index is 12.7. The number of hydrogen-bond acceptors (Lipinski definition) is 5. The first kappa shape index (κ1) is 21.8. The number of carbonyl (C=O) groups excluding carboxylic acids is 1. The molecule has 1 heterocycles. The molecule has 1 aromatic carbocycles. The molecule has 0 radical (unpaired) electrons. The van der Waals surface area contributed by atoms with Gasteiger partial charge < -0.3 is 11.1 Å². The molecule has 1 atom stereocenters. The van der Waals surface area contributed by atoms with Crippen LogP contribution < -0.4 is 15.8 Å². The van der Waals surface area contributed by atoms with Crippen LogP contribution in [-0.2, 0) is 22.9 Å². The molecular formula is C18H24ClN3O3S2. The number of hydrogen-bond donors (Lipinski definition) is 3. The summed E-state index contributed by atoms with van der Waals surface area (Å²) in [4.78, 5) is 14.1. The molecule has 0 saturated heterocycles. The SMILES string of the molecule is CC1CCc2c(C(=O)Nc3cccc(S(=O)(=O)NCCN)c3)csc2C1.Cl. The van der Waals surface area contributed by atoms with Gasteiger partial charge in [-0.25, -0.2) is 13.1 Å². The van der Waals surface area contributed by atoms with E-state index in [0.717, 1.165) is 24.8 Å². The highest BCUT2D eigenvalue weighted by atomic mass is 35.5. The van der Waals surface area contributed by atoms with Crippen LogP contribution in [0.1, 0.15) is 34.1 Å². The number of halogens is 1. The Morgan fingerprint density at radius 2 is 2.15 bits per heavy atom. The van der Waals surface area contributed by atoms with Crippen molar-refractivity contribution in [2.24, 2.45) is 11.7 Å². The lowest BCUT2D eigenvalue weighted by atomic mass is 9.88. The van der Waals surface area contributed by atoms with E-state index in [0.29, 0.717) is 17.2 Å². The van der Waals surface area contributed by atoms with Crippen molar-refractivity contribution in [3.8, 4) is 0 Å². The van der Waals surface area contributed by atoms with Crippen LogP contribution in [0.15, 0.2) is 34.5 Å². The number of benzene rings is 1. The first-order valence-corrected chi connectivity index (χ1v) is 11.0. The summed E-state index contributed by atoms with van der Waals surface area (Å²) >= 11 is 1.63. The van der Waals surface area contributed by atoms with Gasteiger partial charge in [0.25, 0.3) is 5.91 Å². The quantitative estimate of drug-likeness (QED) is 0.657. The summed E-state index contributed by atoms with van der Waals surface area (Å²) in [6.07, 6.45) is 3.03. The molecule has 1 aromatic heterocycles. The average molecular weight is 430 g/mol. The van der Waals surface area contributed by atoms with E-state index >= 15 is 0 Å². The molecule has 0 bridgehead atoms. The number of amides is 1. The molecule has 0 aliphatic heterocycles. The van der Waals surface area contributed by atoms with Crippen LogP contribution in [0.5, 0.6) is 0 Å². The van der Waals surface area contributed by atoms with Crippen LogP contribution in [0, 0.1) is 5.92 Å². The molecule has 3 rings (SSSR count). The van der Waals surface area contributed by atoms with Crippen molar-refractivity contribution in [1.82, 2.24) is 4.72 Å². The molecule has 1 unspecified atom stereocenters. The number of sulfonamides is 1. The zero-order valence-electron chi connectivity index (χ0n) is 15.0. The van der Waals surface area contributed by atoms with Gasteiger partial charge in [-0.1, -0.05) is 13.0 Å². The molecular weight excluding hydrogens is 406 g/mol. The number of carbonyl (C=O) groups is 1. The van der Waals surface area contributed by atoms with Gasteiger partial charge in [0.05, 0.1) is 10.5 Å². The normalized spacial score (nSPS) is 16.3. The molecule has 1 aliphatic rings. The molecule has 1 amide bonds. The molecule has 148 valence electrons.